The Morgan fingerprint density at radius 2 is 1.97 bits per heavy atom. The Balaban J connectivity index is 1.28. The SMILES string of the molecule is CC(C)(C)OC(=O)N1C2CC1CN(c1nc3c(OC4CC(O)C4)ccc(-c4nccs4)c3o1)C2. The molecule has 2 bridgehead atoms. The lowest BCUT2D eigenvalue weighted by Gasteiger charge is -2.55. The van der Waals surface area contributed by atoms with Gasteiger partial charge in [0.15, 0.2) is 11.1 Å². The number of aliphatic hydroxyl groups is 1. The fourth-order valence-corrected chi connectivity index (χ4v) is 5.58. The Kier molecular flexibility index (Phi) is 5.00. The van der Waals surface area contributed by atoms with Crippen molar-refractivity contribution < 1.29 is 23.8 Å². The van der Waals surface area contributed by atoms with Crippen molar-refractivity contribution in [1.29, 1.82) is 0 Å². The highest BCUT2D eigenvalue weighted by Gasteiger charge is 2.49. The number of thiazole rings is 1. The van der Waals surface area contributed by atoms with E-state index in [2.05, 4.69) is 9.88 Å². The van der Waals surface area contributed by atoms with E-state index < -0.39 is 5.60 Å². The number of ether oxygens (including phenoxy) is 2. The average molecular weight is 485 g/mol. The van der Waals surface area contributed by atoms with Crippen LogP contribution in [0.4, 0.5) is 10.8 Å². The second-order valence-corrected chi connectivity index (χ2v) is 11.2. The smallest absolute Gasteiger partial charge is 0.410 e. The molecule has 180 valence electrons. The van der Waals surface area contributed by atoms with Crippen LogP contribution in [0.25, 0.3) is 21.7 Å². The van der Waals surface area contributed by atoms with Crippen LogP contribution < -0.4 is 9.64 Å². The van der Waals surface area contributed by atoms with Crippen LogP contribution in [-0.4, -0.2) is 69.0 Å². The fourth-order valence-electron chi connectivity index (χ4n) is 4.92. The van der Waals surface area contributed by atoms with Crippen molar-refractivity contribution >= 4 is 34.5 Å². The molecule has 5 heterocycles. The van der Waals surface area contributed by atoms with E-state index in [-0.39, 0.29) is 30.4 Å². The van der Waals surface area contributed by atoms with Gasteiger partial charge in [-0.2, -0.15) is 4.98 Å². The van der Waals surface area contributed by atoms with Crippen molar-refractivity contribution in [3.63, 3.8) is 0 Å². The Labute approximate surface area is 201 Å². The third-order valence-corrected chi connectivity index (χ3v) is 7.40. The van der Waals surface area contributed by atoms with Crippen molar-refractivity contribution in [1.82, 2.24) is 14.9 Å². The zero-order valence-corrected chi connectivity index (χ0v) is 20.2. The number of amides is 1. The summed E-state index contributed by atoms with van der Waals surface area (Å²) >= 11 is 1.54. The fraction of sp³-hybridized carbons (Fsp3) is 0.542. The number of rotatable bonds is 4. The number of fused-ring (bicyclic) bond motifs is 3. The number of aliphatic hydroxyl groups excluding tert-OH is 1. The van der Waals surface area contributed by atoms with E-state index in [1.54, 1.807) is 17.5 Å². The quantitative estimate of drug-likeness (QED) is 0.592. The van der Waals surface area contributed by atoms with E-state index in [9.17, 15) is 9.90 Å². The molecule has 7 rings (SSSR count). The number of hydrogen-bond donors (Lipinski definition) is 1. The lowest BCUT2D eigenvalue weighted by Crippen LogP contribution is -2.70. The molecule has 9 nitrogen and oxygen atoms in total. The molecule has 34 heavy (non-hydrogen) atoms. The van der Waals surface area contributed by atoms with Crippen LogP contribution in [0.2, 0.25) is 0 Å². The second-order valence-electron chi connectivity index (χ2n) is 10.3. The van der Waals surface area contributed by atoms with Crippen LogP contribution in [0.5, 0.6) is 5.75 Å². The number of nitrogens with zero attached hydrogens (tertiary/aromatic N) is 4. The maximum Gasteiger partial charge on any atom is 0.410 e. The molecule has 3 saturated heterocycles. The predicted octanol–water partition coefficient (Wildman–Crippen LogP) is 4.05. The normalized spacial score (nSPS) is 26.2. The minimum atomic E-state index is -0.514. The summed E-state index contributed by atoms with van der Waals surface area (Å²) in [6.45, 7) is 6.93. The summed E-state index contributed by atoms with van der Waals surface area (Å²) in [6, 6.07) is 4.55. The van der Waals surface area contributed by atoms with Gasteiger partial charge in [0.2, 0.25) is 0 Å². The summed E-state index contributed by atoms with van der Waals surface area (Å²) in [5.41, 5.74) is 1.67. The van der Waals surface area contributed by atoms with Gasteiger partial charge in [0.05, 0.1) is 23.8 Å². The molecule has 0 radical (unpaired) electrons. The second kappa shape index (κ2) is 7.84. The summed E-state index contributed by atoms with van der Waals surface area (Å²) in [6.07, 6.45) is 3.40. The number of benzene rings is 1. The van der Waals surface area contributed by atoms with Gasteiger partial charge in [-0.25, -0.2) is 9.78 Å². The van der Waals surface area contributed by atoms with Crippen molar-refractivity contribution in [2.45, 2.75) is 69.9 Å². The molecule has 2 atom stereocenters. The molecule has 3 aliphatic heterocycles. The number of carbonyl (C=O) groups excluding carboxylic acids is 1. The van der Waals surface area contributed by atoms with Crippen LogP contribution >= 0.6 is 11.3 Å². The van der Waals surface area contributed by atoms with Gasteiger partial charge in [0, 0.05) is 37.5 Å². The Bertz CT molecular complexity index is 1200. The van der Waals surface area contributed by atoms with Crippen LogP contribution in [-0.2, 0) is 4.74 Å². The largest absolute Gasteiger partial charge is 0.488 e. The van der Waals surface area contributed by atoms with Crippen molar-refractivity contribution in [3.05, 3.63) is 23.7 Å². The number of anilines is 1. The van der Waals surface area contributed by atoms with Crippen molar-refractivity contribution in [2.75, 3.05) is 18.0 Å². The Morgan fingerprint density at radius 1 is 1.21 bits per heavy atom. The van der Waals surface area contributed by atoms with Gasteiger partial charge in [0.1, 0.15) is 22.5 Å². The lowest BCUT2D eigenvalue weighted by molar-refractivity contribution is -0.0386. The Hall–Kier alpha value is -2.85. The van der Waals surface area contributed by atoms with Gasteiger partial charge >= 0.3 is 6.09 Å². The molecule has 2 unspecified atom stereocenters. The first kappa shape index (κ1) is 21.7. The minimum Gasteiger partial charge on any atom is -0.488 e. The molecule has 4 aliphatic rings. The van der Waals surface area contributed by atoms with E-state index in [0.29, 0.717) is 48.8 Å². The topological polar surface area (TPSA) is 101 Å². The molecule has 1 aliphatic carbocycles. The van der Waals surface area contributed by atoms with Gasteiger partial charge < -0.3 is 23.9 Å². The number of aromatic nitrogens is 2. The van der Waals surface area contributed by atoms with Gasteiger partial charge in [-0.3, -0.25) is 4.90 Å². The maximum atomic E-state index is 12.6. The standard InChI is InChI=1S/C24H28N4O5S/c1-24(2,3)33-23(30)28-13-8-14(28)12-27(11-13)22-26-19-18(31-16-9-15(29)10-16)5-4-17(20(19)32-22)21-25-6-7-34-21/h4-7,13-16,29H,8-12H2,1-3H3. The van der Waals surface area contributed by atoms with E-state index in [4.69, 9.17) is 18.9 Å². The molecular formula is C24H28N4O5S. The number of piperidine rings is 1. The van der Waals surface area contributed by atoms with Crippen LogP contribution in [0, 0.1) is 0 Å². The first-order chi connectivity index (χ1) is 16.2. The summed E-state index contributed by atoms with van der Waals surface area (Å²) in [4.78, 5) is 25.9. The highest BCUT2D eigenvalue weighted by atomic mass is 32.1. The van der Waals surface area contributed by atoms with Crippen LogP contribution in [0.3, 0.4) is 0 Å². The molecule has 4 fully saturated rings. The predicted molar refractivity (Wildman–Crippen MR) is 127 cm³/mol. The van der Waals surface area contributed by atoms with Gasteiger partial charge in [-0.15, -0.1) is 11.3 Å². The minimum absolute atomic E-state index is 0.0194. The number of piperazine rings is 1. The molecule has 2 aromatic heterocycles. The maximum absolute atomic E-state index is 12.6. The van der Waals surface area contributed by atoms with Gasteiger partial charge in [-0.05, 0) is 39.3 Å². The highest BCUT2D eigenvalue weighted by molar-refractivity contribution is 7.13. The lowest BCUT2D eigenvalue weighted by atomic mass is 9.88. The molecule has 0 spiro atoms. The third kappa shape index (κ3) is 3.78. The molecule has 1 aromatic carbocycles. The summed E-state index contributed by atoms with van der Waals surface area (Å²) in [5, 5.41) is 12.4. The van der Waals surface area contributed by atoms with Gasteiger partial charge in [0.25, 0.3) is 6.01 Å². The molecule has 1 saturated carbocycles. The highest BCUT2D eigenvalue weighted by Crippen LogP contribution is 2.41. The van der Waals surface area contributed by atoms with E-state index in [0.717, 1.165) is 17.0 Å². The van der Waals surface area contributed by atoms with Gasteiger partial charge in [-0.1, -0.05) is 0 Å². The Morgan fingerprint density at radius 3 is 2.62 bits per heavy atom. The first-order valence-corrected chi connectivity index (χ1v) is 12.6. The van der Waals surface area contributed by atoms with Crippen LogP contribution in [0.15, 0.2) is 28.1 Å². The number of oxazole rings is 1. The third-order valence-electron chi connectivity index (χ3n) is 6.59. The molecular weight excluding hydrogens is 456 g/mol. The van der Waals surface area contributed by atoms with Crippen molar-refractivity contribution in [3.8, 4) is 16.3 Å². The summed E-state index contributed by atoms with van der Waals surface area (Å²) < 4.78 is 18.1. The zero-order valence-electron chi connectivity index (χ0n) is 19.4. The van der Waals surface area contributed by atoms with E-state index in [1.807, 2.05) is 43.2 Å². The summed E-state index contributed by atoms with van der Waals surface area (Å²) in [5.74, 6) is 0.653. The average Bonchev–Trinajstić information content (AvgIpc) is 3.42. The first-order valence-electron chi connectivity index (χ1n) is 11.7. The zero-order chi connectivity index (χ0) is 23.6. The molecule has 10 heteroatoms. The van der Waals surface area contributed by atoms with Crippen molar-refractivity contribution in [2.24, 2.45) is 0 Å². The molecule has 1 N–H and O–H groups in total. The molecule has 3 aromatic rings. The van der Waals surface area contributed by atoms with E-state index >= 15 is 0 Å². The number of carbonyl (C=O) groups is 1. The molecule has 1 amide bonds. The summed E-state index contributed by atoms with van der Waals surface area (Å²) in [7, 11) is 0. The number of hydrogen-bond acceptors (Lipinski definition) is 9. The van der Waals surface area contributed by atoms with Crippen LogP contribution in [0.1, 0.15) is 40.0 Å². The van der Waals surface area contributed by atoms with E-state index in [1.165, 1.54) is 0 Å². The monoisotopic (exact) mass is 484 g/mol.